The molecule has 0 aliphatic carbocycles. The average molecular weight is 465 g/mol. The fourth-order valence-corrected chi connectivity index (χ4v) is 3.90. The van der Waals surface area contributed by atoms with Crippen molar-refractivity contribution >= 4 is 24.6 Å². The van der Waals surface area contributed by atoms with Crippen molar-refractivity contribution in [3.05, 3.63) is 48.5 Å². The molecular formula is C19H24N5O7P. The van der Waals surface area contributed by atoms with Crippen LogP contribution in [0.2, 0.25) is 0 Å². The summed E-state index contributed by atoms with van der Waals surface area (Å²) in [5.41, 5.74) is 1.91. The van der Waals surface area contributed by atoms with E-state index in [9.17, 15) is 14.8 Å². The summed E-state index contributed by atoms with van der Waals surface area (Å²) < 4.78 is 23.1. The Morgan fingerprint density at radius 1 is 1.19 bits per heavy atom. The summed E-state index contributed by atoms with van der Waals surface area (Å²) >= 11 is 0. The van der Waals surface area contributed by atoms with E-state index in [4.69, 9.17) is 19.3 Å². The molecule has 0 amide bonds. The monoisotopic (exact) mass is 465 g/mol. The molecule has 0 saturated carbocycles. The minimum atomic E-state index is -4.35. The van der Waals surface area contributed by atoms with E-state index in [1.807, 2.05) is 37.3 Å². The Bertz CT molecular complexity index is 1110. The van der Waals surface area contributed by atoms with Crippen LogP contribution in [0.25, 0.3) is 11.2 Å². The first-order valence-electron chi connectivity index (χ1n) is 9.87. The molecule has 32 heavy (non-hydrogen) atoms. The Morgan fingerprint density at radius 3 is 2.66 bits per heavy atom. The number of benzene rings is 1. The smallest absolute Gasteiger partial charge is 0.350 e. The highest BCUT2D eigenvalue weighted by Gasteiger charge is 2.44. The molecule has 4 rings (SSSR count). The minimum absolute atomic E-state index is 0.0508. The van der Waals surface area contributed by atoms with E-state index in [-0.39, 0.29) is 12.6 Å². The molecule has 1 fully saturated rings. The zero-order valence-electron chi connectivity index (χ0n) is 17.1. The van der Waals surface area contributed by atoms with Gasteiger partial charge in [-0.15, -0.1) is 0 Å². The van der Waals surface area contributed by atoms with Crippen LogP contribution in [0, 0.1) is 0 Å². The van der Waals surface area contributed by atoms with Crippen LogP contribution in [0.3, 0.4) is 0 Å². The highest BCUT2D eigenvalue weighted by atomic mass is 31.2. The summed E-state index contributed by atoms with van der Waals surface area (Å²) in [5, 5.41) is 24.1. The summed E-state index contributed by atoms with van der Waals surface area (Å²) in [6, 6.07) is 9.77. The van der Waals surface area contributed by atoms with E-state index >= 15 is 0 Å². The molecule has 3 heterocycles. The van der Waals surface area contributed by atoms with Crippen molar-refractivity contribution in [2.24, 2.45) is 0 Å². The van der Waals surface area contributed by atoms with Gasteiger partial charge >= 0.3 is 7.60 Å². The number of aliphatic hydroxyl groups is 2. The second kappa shape index (κ2) is 9.20. The number of hydrogen-bond donors (Lipinski definition) is 5. The number of fused-ring (bicyclic) bond motifs is 1. The van der Waals surface area contributed by atoms with Gasteiger partial charge in [-0.2, -0.15) is 0 Å². The lowest BCUT2D eigenvalue weighted by molar-refractivity contribution is -0.0612. The summed E-state index contributed by atoms with van der Waals surface area (Å²) in [6.07, 6.45) is -2.69. The lowest BCUT2D eigenvalue weighted by Crippen LogP contribution is -2.33. The highest BCUT2D eigenvalue weighted by molar-refractivity contribution is 7.51. The first kappa shape index (κ1) is 22.7. The largest absolute Gasteiger partial charge is 0.387 e. The molecule has 13 heteroatoms. The topological polar surface area (TPSA) is 172 Å². The Morgan fingerprint density at radius 2 is 1.94 bits per heavy atom. The second-order valence-electron chi connectivity index (χ2n) is 7.53. The van der Waals surface area contributed by atoms with Crippen molar-refractivity contribution in [2.45, 2.75) is 37.5 Å². The fraction of sp³-hybridized carbons (Fsp3) is 0.421. The molecule has 1 saturated heterocycles. The van der Waals surface area contributed by atoms with Gasteiger partial charge in [-0.05, 0) is 12.5 Å². The first-order valence-corrected chi connectivity index (χ1v) is 11.7. The molecule has 3 aromatic rings. The van der Waals surface area contributed by atoms with E-state index in [0.29, 0.717) is 17.0 Å². The summed E-state index contributed by atoms with van der Waals surface area (Å²) in [7, 11) is -4.35. The molecule has 1 aromatic carbocycles. The fourth-order valence-electron chi connectivity index (χ4n) is 3.56. The predicted molar refractivity (Wildman–Crippen MR) is 113 cm³/mol. The van der Waals surface area contributed by atoms with Crippen molar-refractivity contribution in [3.8, 4) is 0 Å². The summed E-state index contributed by atoms with van der Waals surface area (Å²) in [6.45, 7) is 1.69. The second-order valence-corrected chi connectivity index (χ2v) is 9.12. The molecule has 0 radical (unpaired) electrons. The Labute approximate surface area is 183 Å². The normalized spacial score (nSPS) is 24.7. The van der Waals surface area contributed by atoms with Gasteiger partial charge in [0.2, 0.25) is 0 Å². The summed E-state index contributed by atoms with van der Waals surface area (Å²) in [5.74, 6) is 0.500. The highest BCUT2D eigenvalue weighted by Crippen LogP contribution is 2.36. The van der Waals surface area contributed by atoms with Gasteiger partial charge in [0.05, 0.1) is 19.0 Å². The maximum Gasteiger partial charge on any atom is 0.350 e. The van der Waals surface area contributed by atoms with Crippen molar-refractivity contribution in [1.29, 1.82) is 0 Å². The minimum Gasteiger partial charge on any atom is -0.387 e. The number of nitrogens with one attached hydrogen (secondary N) is 1. The Kier molecular flexibility index (Phi) is 6.54. The van der Waals surface area contributed by atoms with Gasteiger partial charge in [-0.25, -0.2) is 15.0 Å². The molecule has 1 aliphatic heterocycles. The number of ether oxygens (including phenoxy) is 2. The van der Waals surface area contributed by atoms with E-state index in [1.54, 1.807) is 0 Å². The molecule has 1 aliphatic rings. The number of imidazole rings is 1. The third kappa shape index (κ3) is 4.81. The molecule has 5 atom stereocenters. The van der Waals surface area contributed by atoms with Gasteiger partial charge in [0.1, 0.15) is 31.0 Å². The standard InChI is InChI=1S/C19H24N5O7P/c1-11(12-5-3-2-4-6-12)23-17-14-18(21-8-20-17)24(9-22-14)19-16(26)15(25)13(31-19)7-30-10-32(27,28)29/h2-6,8-9,11,13,15-16,19,25-26H,7,10H2,1H3,(H,20,21,23)(H2,27,28,29)/t11?,13-,15-,16-,19-/m1/s1. The van der Waals surface area contributed by atoms with Crippen LogP contribution in [0.1, 0.15) is 24.8 Å². The SMILES string of the molecule is CC(Nc1ncnc2c1ncn2[C@@H]1O[C@H](COCP(=O)(O)O)[C@@H](O)[C@H]1O)c1ccccc1. The van der Waals surface area contributed by atoms with Crippen molar-refractivity contribution < 1.29 is 34.0 Å². The molecule has 0 bridgehead atoms. The quantitative estimate of drug-likeness (QED) is 0.298. The van der Waals surface area contributed by atoms with Crippen LogP contribution in [0.4, 0.5) is 5.82 Å². The molecular weight excluding hydrogens is 441 g/mol. The Hall–Kier alpha value is -2.44. The lowest BCUT2D eigenvalue weighted by atomic mass is 10.1. The predicted octanol–water partition coefficient (Wildman–Crippen LogP) is 0.770. The number of rotatable bonds is 8. The van der Waals surface area contributed by atoms with Crippen LogP contribution in [0.5, 0.6) is 0 Å². The third-order valence-electron chi connectivity index (χ3n) is 5.16. The van der Waals surface area contributed by atoms with Gasteiger partial charge < -0.3 is 34.8 Å². The van der Waals surface area contributed by atoms with Crippen molar-refractivity contribution in [3.63, 3.8) is 0 Å². The maximum absolute atomic E-state index is 10.9. The van der Waals surface area contributed by atoms with Crippen molar-refractivity contribution in [2.75, 3.05) is 18.3 Å². The van der Waals surface area contributed by atoms with Crippen LogP contribution in [0.15, 0.2) is 43.0 Å². The van der Waals surface area contributed by atoms with Crippen LogP contribution >= 0.6 is 7.60 Å². The van der Waals surface area contributed by atoms with Crippen LogP contribution in [-0.4, -0.2) is 70.8 Å². The van der Waals surface area contributed by atoms with Crippen molar-refractivity contribution in [1.82, 2.24) is 19.5 Å². The van der Waals surface area contributed by atoms with Gasteiger partial charge in [-0.3, -0.25) is 9.13 Å². The number of nitrogens with zero attached hydrogens (tertiary/aromatic N) is 4. The molecule has 1 unspecified atom stereocenters. The number of aromatic nitrogens is 4. The van der Waals surface area contributed by atoms with E-state index in [1.165, 1.54) is 17.2 Å². The molecule has 5 N–H and O–H groups in total. The van der Waals surface area contributed by atoms with Gasteiger partial charge in [-0.1, -0.05) is 30.3 Å². The maximum atomic E-state index is 10.9. The van der Waals surface area contributed by atoms with E-state index < -0.39 is 38.5 Å². The van der Waals surface area contributed by atoms with Gasteiger partial charge in [0.15, 0.2) is 23.2 Å². The molecule has 172 valence electrons. The van der Waals surface area contributed by atoms with E-state index in [0.717, 1.165) is 5.56 Å². The van der Waals surface area contributed by atoms with Crippen LogP contribution in [-0.2, 0) is 14.0 Å². The molecule has 12 nitrogen and oxygen atoms in total. The Balaban J connectivity index is 1.52. The number of aliphatic hydroxyl groups excluding tert-OH is 2. The van der Waals surface area contributed by atoms with Crippen LogP contribution < -0.4 is 5.32 Å². The zero-order chi connectivity index (χ0) is 22.9. The van der Waals surface area contributed by atoms with Gasteiger partial charge in [0.25, 0.3) is 0 Å². The molecule has 2 aromatic heterocycles. The average Bonchev–Trinajstić information content (AvgIpc) is 3.30. The molecule has 0 spiro atoms. The zero-order valence-corrected chi connectivity index (χ0v) is 18.0. The third-order valence-corrected chi connectivity index (χ3v) is 5.68. The number of hydrogen-bond acceptors (Lipinski definition) is 9. The van der Waals surface area contributed by atoms with E-state index in [2.05, 4.69) is 20.3 Å². The number of anilines is 1. The first-order chi connectivity index (χ1) is 15.2. The summed E-state index contributed by atoms with van der Waals surface area (Å²) in [4.78, 5) is 30.7. The van der Waals surface area contributed by atoms with Gasteiger partial charge in [0, 0.05) is 0 Å². The lowest BCUT2D eigenvalue weighted by Gasteiger charge is -2.17.